The van der Waals surface area contributed by atoms with Crippen LogP contribution in [0.25, 0.3) is 11.1 Å². The van der Waals surface area contributed by atoms with Crippen LogP contribution in [0.1, 0.15) is 119 Å². The number of benzene rings is 3. The summed E-state index contributed by atoms with van der Waals surface area (Å²) in [6, 6.07) is 18.0. The molecule has 3 aromatic carbocycles. The van der Waals surface area contributed by atoms with E-state index in [-0.39, 0.29) is 69.2 Å². The van der Waals surface area contributed by atoms with E-state index in [4.69, 9.17) is 30.2 Å². The predicted molar refractivity (Wildman–Crippen MR) is 258 cm³/mol. The maximum absolute atomic E-state index is 14.0. The predicted octanol–water partition coefficient (Wildman–Crippen LogP) is 5.92. The molecule has 4 fully saturated rings. The summed E-state index contributed by atoms with van der Waals surface area (Å²) in [5, 5.41) is 8.16. The number of hydrogen-bond acceptors (Lipinski definition) is 10. The molecule has 0 aromatic heterocycles. The molecule has 6 atom stereocenters. The van der Waals surface area contributed by atoms with E-state index < -0.39 is 30.6 Å². The molecule has 4 aliphatic rings. The Morgan fingerprint density at radius 1 is 0.894 bits per heavy atom. The SMILES string of the molecule is CCCCCCCCc1ccc(C(=O)N(C)C(C)c2ccc(OCCN)c(-c3cc(CC(NC(=O)CNC=O)C(=O)NCB4O[C@@H]5CC6CC(C6(C)C)[C@]5(C)O4)ccc3OCCN)c2)cc1. The highest BCUT2D eigenvalue weighted by Gasteiger charge is 2.67. The molecule has 1 saturated heterocycles. The lowest BCUT2D eigenvalue weighted by Gasteiger charge is -2.64. The van der Waals surface area contributed by atoms with Crippen LogP contribution in [0.3, 0.4) is 0 Å². The quantitative estimate of drug-likeness (QED) is 0.0367. The number of aryl methyl sites for hydroxylation is 1. The van der Waals surface area contributed by atoms with Gasteiger partial charge in [-0.25, -0.2) is 0 Å². The molecule has 15 heteroatoms. The second kappa shape index (κ2) is 23.2. The van der Waals surface area contributed by atoms with Gasteiger partial charge in [-0.3, -0.25) is 19.2 Å². The number of carbonyl (C=O) groups excluding carboxylic acids is 4. The van der Waals surface area contributed by atoms with Crippen molar-refractivity contribution in [3.63, 3.8) is 0 Å². The van der Waals surface area contributed by atoms with Gasteiger partial charge < -0.3 is 51.1 Å². The van der Waals surface area contributed by atoms with Gasteiger partial charge in [0, 0.05) is 43.2 Å². The van der Waals surface area contributed by atoms with Crippen molar-refractivity contribution >= 4 is 31.3 Å². The molecule has 0 radical (unpaired) electrons. The molecular weight excluding hydrogens is 835 g/mol. The summed E-state index contributed by atoms with van der Waals surface area (Å²) >= 11 is 0. The molecule has 3 aromatic rings. The Morgan fingerprint density at radius 3 is 2.21 bits per heavy atom. The second-order valence-electron chi connectivity index (χ2n) is 19.1. The van der Waals surface area contributed by atoms with Crippen LogP contribution in [0.4, 0.5) is 0 Å². The van der Waals surface area contributed by atoms with Crippen molar-refractivity contribution in [1.82, 2.24) is 20.9 Å². The van der Waals surface area contributed by atoms with Gasteiger partial charge in [-0.1, -0.05) is 77.1 Å². The van der Waals surface area contributed by atoms with Gasteiger partial charge in [-0.15, -0.1) is 0 Å². The molecule has 3 aliphatic carbocycles. The van der Waals surface area contributed by atoms with Crippen LogP contribution in [-0.4, -0.2) is 100 Å². The van der Waals surface area contributed by atoms with E-state index in [0.29, 0.717) is 52.0 Å². The molecule has 4 amide bonds. The minimum atomic E-state index is -1.02. The molecule has 66 heavy (non-hydrogen) atoms. The molecule has 1 aliphatic heterocycles. The first-order valence-electron chi connectivity index (χ1n) is 24.1. The first-order chi connectivity index (χ1) is 31.7. The van der Waals surface area contributed by atoms with Crippen molar-refractivity contribution in [2.24, 2.45) is 28.7 Å². The highest BCUT2D eigenvalue weighted by atomic mass is 16.7. The third-order valence-electron chi connectivity index (χ3n) is 14.4. The maximum atomic E-state index is 14.0. The molecule has 14 nitrogen and oxygen atoms in total. The topological polar surface area (TPSA) is 197 Å². The second-order valence-corrected chi connectivity index (χ2v) is 19.1. The average Bonchev–Trinajstić information content (AvgIpc) is 3.68. The zero-order valence-corrected chi connectivity index (χ0v) is 40.0. The van der Waals surface area contributed by atoms with Crippen LogP contribution < -0.4 is 36.9 Å². The van der Waals surface area contributed by atoms with Crippen LogP contribution in [-0.2, 0) is 36.5 Å². The van der Waals surface area contributed by atoms with Crippen LogP contribution in [0.2, 0.25) is 0 Å². The van der Waals surface area contributed by atoms with Crippen LogP contribution in [0.15, 0.2) is 60.7 Å². The van der Waals surface area contributed by atoms with E-state index in [9.17, 15) is 19.2 Å². The number of carbonyl (C=O) groups is 4. The van der Waals surface area contributed by atoms with Gasteiger partial charge in [0.05, 0.1) is 30.7 Å². The van der Waals surface area contributed by atoms with Crippen molar-refractivity contribution < 1.29 is 38.0 Å². The van der Waals surface area contributed by atoms with Crippen LogP contribution >= 0.6 is 0 Å². The van der Waals surface area contributed by atoms with E-state index in [2.05, 4.69) is 55.8 Å². The largest absolute Gasteiger partial charge is 0.492 e. The Kier molecular flexibility index (Phi) is 17.7. The Bertz CT molecular complexity index is 2120. The summed E-state index contributed by atoms with van der Waals surface area (Å²) in [7, 11) is 1.17. The molecule has 2 bridgehead atoms. The maximum Gasteiger partial charge on any atom is 0.478 e. The van der Waals surface area contributed by atoms with Gasteiger partial charge in [-0.05, 0) is 110 Å². The molecule has 1 heterocycles. The normalized spacial score (nSPS) is 21.2. The summed E-state index contributed by atoms with van der Waals surface area (Å²) < 4.78 is 25.3. The lowest BCUT2D eigenvalue weighted by atomic mass is 9.43. The first-order valence-corrected chi connectivity index (χ1v) is 24.1. The van der Waals surface area contributed by atoms with Crippen molar-refractivity contribution in [2.75, 3.05) is 46.3 Å². The standard InChI is InChI=1S/C51H73BN6O8/c1-7-8-9-10-11-12-13-35-14-17-37(18-15-35)49(62)58(6)34(2)38-19-21-44(64-25-23-54)41(28-38)40-26-36(16-20-43(40)63-24-22-53)27-42(57-47(60)31-55-33-59)48(61)56-32-52-65-46-30-39-29-45(50(39,3)4)51(46,5)66-52/h14-21,26,28,33-34,39,42,45-46H,7-13,22-25,27,29-32,53-54H2,1-6H3,(H,55,59)(H,56,61)(H,57,60)/t34?,39?,42?,45?,46-,51+/m1/s1. The summed E-state index contributed by atoms with van der Waals surface area (Å²) in [6.45, 7) is 11.7. The summed E-state index contributed by atoms with van der Waals surface area (Å²) in [6.07, 6.45) is 11.0. The van der Waals surface area contributed by atoms with E-state index in [0.717, 1.165) is 31.2 Å². The number of nitrogens with two attached hydrogens (primary N) is 2. The molecule has 0 spiro atoms. The number of rotatable bonds is 26. The Morgan fingerprint density at radius 2 is 1.55 bits per heavy atom. The lowest BCUT2D eigenvalue weighted by Crippen LogP contribution is -2.65. The average molecular weight is 909 g/mol. The monoisotopic (exact) mass is 909 g/mol. The van der Waals surface area contributed by atoms with Gasteiger partial charge in [0.15, 0.2) is 0 Å². The fourth-order valence-electron chi connectivity index (χ4n) is 10.2. The highest BCUT2D eigenvalue weighted by Crippen LogP contribution is 2.65. The number of amides is 4. The third kappa shape index (κ3) is 11.9. The van der Waals surface area contributed by atoms with Gasteiger partial charge in [0.2, 0.25) is 18.2 Å². The van der Waals surface area contributed by atoms with E-state index in [1.807, 2.05) is 55.5 Å². The van der Waals surface area contributed by atoms with Crippen molar-refractivity contribution in [2.45, 2.75) is 123 Å². The number of ether oxygens (including phenoxy) is 2. The first kappa shape index (κ1) is 50.5. The van der Waals surface area contributed by atoms with Gasteiger partial charge >= 0.3 is 7.12 Å². The van der Waals surface area contributed by atoms with Gasteiger partial charge in [0.1, 0.15) is 30.8 Å². The molecule has 7 rings (SSSR count). The van der Waals surface area contributed by atoms with Crippen LogP contribution in [0, 0.1) is 17.3 Å². The van der Waals surface area contributed by atoms with Gasteiger partial charge in [-0.2, -0.15) is 0 Å². The number of hydrogen-bond donors (Lipinski definition) is 5. The zero-order valence-electron chi connectivity index (χ0n) is 40.0. The highest BCUT2D eigenvalue weighted by molar-refractivity contribution is 6.46. The Balaban J connectivity index is 1.22. The number of nitrogens with one attached hydrogen (secondary N) is 3. The number of nitrogens with zero attached hydrogens (tertiary/aromatic N) is 1. The fourth-order valence-corrected chi connectivity index (χ4v) is 10.2. The van der Waals surface area contributed by atoms with E-state index >= 15 is 0 Å². The lowest BCUT2D eigenvalue weighted by molar-refractivity contribution is -0.199. The Labute approximate surface area is 392 Å². The molecule has 7 N–H and O–H groups in total. The molecule has 358 valence electrons. The minimum absolute atomic E-state index is 0.0441. The zero-order chi connectivity index (χ0) is 47.4. The van der Waals surface area contributed by atoms with Crippen LogP contribution in [0.5, 0.6) is 11.5 Å². The van der Waals surface area contributed by atoms with Gasteiger partial charge in [0.25, 0.3) is 5.91 Å². The molecule has 3 saturated carbocycles. The van der Waals surface area contributed by atoms with Crippen molar-refractivity contribution in [3.05, 3.63) is 82.9 Å². The number of unbranched alkanes of at least 4 members (excludes halogenated alkanes) is 5. The van der Waals surface area contributed by atoms with E-state index in [1.54, 1.807) is 11.9 Å². The summed E-state index contributed by atoms with van der Waals surface area (Å²) in [5.74, 6) is 0.983. The Hall–Kier alpha value is -4.96. The fraction of sp³-hybridized carbons (Fsp3) is 0.569. The third-order valence-corrected chi connectivity index (χ3v) is 14.4. The summed E-state index contributed by atoms with van der Waals surface area (Å²) in [5.41, 5.74) is 16.3. The molecule has 4 unspecified atom stereocenters. The summed E-state index contributed by atoms with van der Waals surface area (Å²) in [4.78, 5) is 53.7. The molecular formula is C51H73BN6O8. The smallest absolute Gasteiger partial charge is 0.478 e. The van der Waals surface area contributed by atoms with Crippen molar-refractivity contribution in [3.8, 4) is 22.6 Å². The minimum Gasteiger partial charge on any atom is -0.492 e. The van der Waals surface area contributed by atoms with E-state index in [1.165, 1.54) is 37.7 Å². The van der Waals surface area contributed by atoms with Crippen molar-refractivity contribution in [1.29, 1.82) is 0 Å².